The van der Waals surface area contributed by atoms with Crippen LogP contribution in [0.3, 0.4) is 0 Å². The molecule has 1 atom stereocenters. The number of rotatable bonds is 3. The van der Waals surface area contributed by atoms with Crippen LogP contribution < -0.4 is 5.32 Å². The van der Waals surface area contributed by atoms with Crippen LogP contribution >= 0.6 is 0 Å². The summed E-state index contributed by atoms with van der Waals surface area (Å²) in [6, 6.07) is 3.01. The molecule has 0 aliphatic carbocycles. The summed E-state index contributed by atoms with van der Waals surface area (Å²) in [4.78, 5) is 0. The number of benzene rings is 1. The molecular formula is C9H11F2NO. The van der Waals surface area contributed by atoms with E-state index in [0.717, 1.165) is 18.2 Å². The van der Waals surface area contributed by atoms with Gasteiger partial charge in [0.05, 0.1) is 6.10 Å². The molecule has 1 aromatic carbocycles. The molecule has 4 heteroatoms. The minimum Gasteiger partial charge on any atom is -0.387 e. The highest BCUT2D eigenvalue weighted by Gasteiger charge is 2.08. The molecule has 0 saturated carbocycles. The first-order valence-electron chi connectivity index (χ1n) is 3.92. The minimum absolute atomic E-state index is 0.242. The van der Waals surface area contributed by atoms with Crippen LogP contribution in [0.2, 0.25) is 0 Å². The lowest BCUT2D eigenvalue weighted by atomic mass is 10.1. The van der Waals surface area contributed by atoms with Gasteiger partial charge in [-0.15, -0.1) is 0 Å². The average Bonchev–Trinajstić information content (AvgIpc) is 2.03. The van der Waals surface area contributed by atoms with Crippen molar-refractivity contribution in [2.24, 2.45) is 0 Å². The molecule has 1 rings (SSSR count). The lowest BCUT2D eigenvalue weighted by molar-refractivity contribution is 0.177. The second-order valence-corrected chi connectivity index (χ2v) is 2.78. The molecule has 0 spiro atoms. The summed E-state index contributed by atoms with van der Waals surface area (Å²) in [7, 11) is 1.65. The van der Waals surface area contributed by atoms with Crippen LogP contribution in [0.4, 0.5) is 8.78 Å². The first kappa shape index (κ1) is 10.1. The minimum atomic E-state index is -0.879. The third kappa shape index (κ3) is 2.75. The summed E-state index contributed by atoms with van der Waals surface area (Å²) >= 11 is 0. The molecule has 1 unspecified atom stereocenters. The topological polar surface area (TPSA) is 32.3 Å². The monoisotopic (exact) mass is 187 g/mol. The summed E-state index contributed by atoms with van der Waals surface area (Å²) < 4.78 is 25.3. The predicted molar refractivity (Wildman–Crippen MR) is 45.2 cm³/mol. The van der Waals surface area contributed by atoms with Crippen molar-refractivity contribution in [2.75, 3.05) is 13.6 Å². The van der Waals surface area contributed by atoms with E-state index < -0.39 is 17.7 Å². The Kier molecular flexibility index (Phi) is 3.33. The lowest BCUT2D eigenvalue weighted by Gasteiger charge is -2.09. The molecular weight excluding hydrogens is 176 g/mol. The predicted octanol–water partition coefficient (Wildman–Crippen LogP) is 1.22. The summed E-state index contributed by atoms with van der Waals surface area (Å²) in [6.07, 6.45) is -0.879. The highest BCUT2D eigenvalue weighted by molar-refractivity contribution is 5.20. The van der Waals surface area contributed by atoms with Gasteiger partial charge in [-0.1, -0.05) is 0 Å². The quantitative estimate of drug-likeness (QED) is 0.745. The number of aliphatic hydroxyl groups is 1. The van der Waals surface area contributed by atoms with Crippen LogP contribution in [0, 0.1) is 11.6 Å². The zero-order valence-corrected chi connectivity index (χ0v) is 7.22. The summed E-state index contributed by atoms with van der Waals surface area (Å²) in [5.41, 5.74) is 0.242. The van der Waals surface area contributed by atoms with Crippen molar-refractivity contribution in [1.82, 2.24) is 5.32 Å². The summed E-state index contributed by atoms with van der Waals surface area (Å²) in [5.74, 6) is -1.35. The molecule has 0 aliphatic rings. The Labute approximate surface area is 75.2 Å². The molecule has 1 aromatic rings. The van der Waals surface area contributed by atoms with Gasteiger partial charge >= 0.3 is 0 Å². The van der Waals surface area contributed by atoms with Crippen molar-refractivity contribution < 1.29 is 13.9 Å². The van der Waals surface area contributed by atoms with Crippen molar-refractivity contribution >= 4 is 0 Å². The van der Waals surface area contributed by atoms with E-state index in [1.807, 2.05) is 0 Å². The normalized spacial score (nSPS) is 12.9. The van der Waals surface area contributed by atoms with E-state index in [-0.39, 0.29) is 12.1 Å². The van der Waals surface area contributed by atoms with E-state index in [1.54, 1.807) is 7.05 Å². The van der Waals surface area contributed by atoms with Gasteiger partial charge in [-0.25, -0.2) is 8.78 Å². The number of likely N-dealkylation sites (N-methyl/N-ethyl adjacent to an activating group) is 1. The van der Waals surface area contributed by atoms with Crippen molar-refractivity contribution in [3.05, 3.63) is 35.4 Å². The van der Waals surface area contributed by atoms with Gasteiger partial charge < -0.3 is 10.4 Å². The molecule has 0 bridgehead atoms. The van der Waals surface area contributed by atoms with Crippen LogP contribution in [0.15, 0.2) is 18.2 Å². The lowest BCUT2D eigenvalue weighted by Crippen LogP contribution is -2.16. The van der Waals surface area contributed by atoms with Gasteiger partial charge in [0.25, 0.3) is 0 Å². The average molecular weight is 187 g/mol. The maximum Gasteiger partial charge on any atom is 0.126 e. The largest absolute Gasteiger partial charge is 0.387 e. The maximum atomic E-state index is 12.7. The Morgan fingerprint density at radius 1 is 1.31 bits per heavy atom. The number of aliphatic hydroxyl groups excluding tert-OH is 1. The fourth-order valence-corrected chi connectivity index (χ4v) is 1.08. The zero-order chi connectivity index (χ0) is 9.84. The molecule has 0 saturated heterocycles. The highest BCUT2D eigenvalue weighted by atomic mass is 19.1. The van der Waals surface area contributed by atoms with Crippen LogP contribution in [0.1, 0.15) is 11.7 Å². The second-order valence-electron chi connectivity index (χ2n) is 2.78. The number of hydrogen-bond donors (Lipinski definition) is 2. The van der Waals surface area contributed by atoms with Crippen LogP contribution in [0.25, 0.3) is 0 Å². The Morgan fingerprint density at radius 3 is 2.31 bits per heavy atom. The SMILES string of the molecule is CNCC(O)c1cc(F)cc(F)c1. The van der Waals surface area contributed by atoms with Crippen LogP contribution in [0.5, 0.6) is 0 Å². The van der Waals surface area contributed by atoms with Gasteiger partial charge in [0.15, 0.2) is 0 Å². The number of hydrogen-bond acceptors (Lipinski definition) is 2. The fourth-order valence-electron chi connectivity index (χ4n) is 1.08. The van der Waals surface area contributed by atoms with Crippen LogP contribution in [-0.2, 0) is 0 Å². The Balaban J connectivity index is 2.87. The highest BCUT2D eigenvalue weighted by Crippen LogP contribution is 2.15. The van der Waals surface area contributed by atoms with Gasteiger partial charge in [-0.3, -0.25) is 0 Å². The Bertz CT molecular complexity index is 271. The van der Waals surface area contributed by atoms with E-state index >= 15 is 0 Å². The fraction of sp³-hybridized carbons (Fsp3) is 0.333. The molecule has 72 valence electrons. The molecule has 0 heterocycles. The second kappa shape index (κ2) is 4.30. The standard InChI is InChI=1S/C9H11F2NO/c1-12-5-9(13)6-2-7(10)4-8(11)3-6/h2-4,9,12-13H,5H2,1H3. The van der Waals surface area contributed by atoms with Gasteiger partial charge in [0.1, 0.15) is 11.6 Å². The van der Waals surface area contributed by atoms with Gasteiger partial charge in [0, 0.05) is 12.6 Å². The Morgan fingerprint density at radius 2 is 1.85 bits per heavy atom. The third-order valence-corrected chi connectivity index (χ3v) is 1.67. The molecule has 2 nitrogen and oxygen atoms in total. The van der Waals surface area contributed by atoms with Crippen molar-refractivity contribution in [3.8, 4) is 0 Å². The Hall–Kier alpha value is -1.00. The molecule has 2 N–H and O–H groups in total. The van der Waals surface area contributed by atoms with E-state index in [4.69, 9.17) is 0 Å². The number of halogens is 2. The van der Waals surface area contributed by atoms with Gasteiger partial charge in [-0.2, -0.15) is 0 Å². The maximum absolute atomic E-state index is 12.7. The molecule has 0 fully saturated rings. The smallest absolute Gasteiger partial charge is 0.126 e. The molecule has 0 aliphatic heterocycles. The van der Waals surface area contributed by atoms with Crippen molar-refractivity contribution in [2.45, 2.75) is 6.10 Å². The first-order chi connectivity index (χ1) is 6.13. The zero-order valence-electron chi connectivity index (χ0n) is 7.22. The third-order valence-electron chi connectivity index (χ3n) is 1.67. The van der Waals surface area contributed by atoms with E-state index in [0.29, 0.717) is 0 Å². The van der Waals surface area contributed by atoms with E-state index in [2.05, 4.69) is 5.32 Å². The summed E-state index contributed by atoms with van der Waals surface area (Å²) in [5, 5.41) is 12.1. The first-order valence-corrected chi connectivity index (χ1v) is 3.92. The molecule has 0 radical (unpaired) electrons. The number of nitrogens with one attached hydrogen (secondary N) is 1. The summed E-state index contributed by atoms with van der Waals surface area (Å²) in [6.45, 7) is 0.267. The van der Waals surface area contributed by atoms with Gasteiger partial charge in [-0.05, 0) is 24.7 Å². The molecule has 0 aromatic heterocycles. The molecule has 13 heavy (non-hydrogen) atoms. The van der Waals surface area contributed by atoms with Crippen LogP contribution in [-0.4, -0.2) is 18.7 Å². The van der Waals surface area contributed by atoms with E-state index in [9.17, 15) is 13.9 Å². The van der Waals surface area contributed by atoms with Crippen molar-refractivity contribution in [3.63, 3.8) is 0 Å². The van der Waals surface area contributed by atoms with Crippen molar-refractivity contribution in [1.29, 1.82) is 0 Å². The van der Waals surface area contributed by atoms with Gasteiger partial charge in [0.2, 0.25) is 0 Å². The molecule has 0 amide bonds. The van der Waals surface area contributed by atoms with E-state index in [1.165, 1.54) is 0 Å².